The number of nitrogens with zero attached hydrogens (tertiary/aromatic N) is 2. The fraction of sp³-hybridized carbons (Fsp3) is 0.286. The van der Waals surface area contributed by atoms with Crippen molar-refractivity contribution in [2.75, 3.05) is 19.7 Å². The molecule has 1 fully saturated rings. The molecular formula is C21H17FN2O4. The van der Waals surface area contributed by atoms with Gasteiger partial charge < -0.3 is 14.4 Å². The molecule has 142 valence electrons. The van der Waals surface area contributed by atoms with Gasteiger partial charge in [-0.15, -0.1) is 0 Å². The van der Waals surface area contributed by atoms with Crippen LogP contribution in [0, 0.1) is 17.1 Å². The lowest BCUT2D eigenvalue weighted by Gasteiger charge is -2.39. The number of likely N-dealkylation sites (tertiary alicyclic amines) is 1. The van der Waals surface area contributed by atoms with Crippen molar-refractivity contribution in [1.29, 1.82) is 5.26 Å². The second-order valence-electron chi connectivity index (χ2n) is 6.90. The van der Waals surface area contributed by atoms with Crippen LogP contribution in [0.25, 0.3) is 0 Å². The number of fused-ring (bicyclic) bond motifs is 1. The summed E-state index contributed by atoms with van der Waals surface area (Å²) in [5.74, 6) is -0.867. The molecule has 0 saturated carbocycles. The van der Waals surface area contributed by atoms with Gasteiger partial charge in [-0.25, -0.2) is 4.39 Å². The van der Waals surface area contributed by atoms with E-state index < -0.39 is 11.7 Å². The zero-order chi connectivity index (χ0) is 19.7. The minimum Gasteiger partial charge on any atom is -0.485 e. The normalized spacial score (nSPS) is 16.0. The molecule has 2 heterocycles. The standard InChI is InChI=1S/C21H17FN2O4/c22-19-7-20-15(5-16(25)12-28-20)6-18(19)21(26)24-9-17(10-24)27-11-14-3-1-2-13(4-14)8-23/h1-4,6-7,17H,5,9-12H2. The number of halogens is 1. The largest absolute Gasteiger partial charge is 0.485 e. The molecular weight excluding hydrogens is 363 g/mol. The predicted octanol–water partition coefficient (Wildman–Crippen LogP) is 2.24. The molecule has 1 saturated heterocycles. The Morgan fingerprint density at radius 3 is 2.93 bits per heavy atom. The first-order valence-corrected chi connectivity index (χ1v) is 8.90. The highest BCUT2D eigenvalue weighted by atomic mass is 19.1. The third-order valence-electron chi connectivity index (χ3n) is 4.83. The Labute approximate surface area is 161 Å². The van der Waals surface area contributed by atoms with Gasteiger partial charge in [-0.3, -0.25) is 9.59 Å². The number of carbonyl (C=O) groups excluding carboxylic acids is 2. The molecule has 4 rings (SSSR count). The minimum absolute atomic E-state index is 0.0581. The topological polar surface area (TPSA) is 79.6 Å². The van der Waals surface area contributed by atoms with Gasteiger partial charge in [-0.05, 0) is 23.8 Å². The third kappa shape index (κ3) is 3.59. The average molecular weight is 380 g/mol. The molecule has 2 aromatic rings. The lowest BCUT2D eigenvalue weighted by Crippen LogP contribution is -2.54. The van der Waals surface area contributed by atoms with Crippen LogP contribution in [-0.2, 0) is 22.6 Å². The highest BCUT2D eigenvalue weighted by Gasteiger charge is 2.34. The SMILES string of the molecule is N#Cc1cccc(COC2CN(C(=O)c3cc4c(cc3F)OCC(=O)C4)C2)c1. The van der Waals surface area contributed by atoms with Crippen LogP contribution in [0.2, 0.25) is 0 Å². The first-order valence-electron chi connectivity index (χ1n) is 8.90. The van der Waals surface area contributed by atoms with Gasteiger partial charge in [0.05, 0.1) is 29.9 Å². The zero-order valence-electron chi connectivity index (χ0n) is 15.0. The molecule has 1 amide bonds. The molecule has 7 heteroatoms. The summed E-state index contributed by atoms with van der Waals surface area (Å²) in [6.07, 6.45) is 0.00363. The molecule has 0 bridgehead atoms. The molecule has 0 unspecified atom stereocenters. The van der Waals surface area contributed by atoms with Crippen LogP contribution in [0.1, 0.15) is 27.0 Å². The first-order chi connectivity index (χ1) is 13.5. The van der Waals surface area contributed by atoms with Gasteiger partial charge in [0.25, 0.3) is 5.91 Å². The van der Waals surface area contributed by atoms with Gasteiger partial charge in [0.1, 0.15) is 18.2 Å². The highest BCUT2D eigenvalue weighted by Crippen LogP contribution is 2.28. The van der Waals surface area contributed by atoms with Gasteiger partial charge >= 0.3 is 0 Å². The van der Waals surface area contributed by atoms with Crippen molar-refractivity contribution in [3.05, 3.63) is 64.5 Å². The van der Waals surface area contributed by atoms with E-state index >= 15 is 0 Å². The maximum atomic E-state index is 14.3. The van der Waals surface area contributed by atoms with E-state index in [1.807, 2.05) is 6.07 Å². The van der Waals surface area contributed by atoms with Gasteiger partial charge in [-0.2, -0.15) is 5.26 Å². The smallest absolute Gasteiger partial charge is 0.257 e. The van der Waals surface area contributed by atoms with Crippen molar-refractivity contribution >= 4 is 11.7 Å². The van der Waals surface area contributed by atoms with E-state index in [0.717, 1.165) is 5.56 Å². The number of nitriles is 1. The van der Waals surface area contributed by atoms with Crippen molar-refractivity contribution in [3.8, 4) is 11.8 Å². The number of ketones is 1. The van der Waals surface area contributed by atoms with Gasteiger partial charge in [0.2, 0.25) is 0 Å². The van der Waals surface area contributed by atoms with Crippen molar-refractivity contribution in [2.45, 2.75) is 19.1 Å². The third-order valence-corrected chi connectivity index (χ3v) is 4.83. The maximum Gasteiger partial charge on any atom is 0.257 e. The predicted molar refractivity (Wildman–Crippen MR) is 96.2 cm³/mol. The Hall–Kier alpha value is -3.24. The van der Waals surface area contributed by atoms with Crippen LogP contribution in [0.15, 0.2) is 36.4 Å². The van der Waals surface area contributed by atoms with Crippen LogP contribution in [0.4, 0.5) is 4.39 Å². The summed E-state index contributed by atoms with van der Waals surface area (Å²) in [6.45, 7) is 1.00. The average Bonchev–Trinajstić information content (AvgIpc) is 2.66. The fourth-order valence-corrected chi connectivity index (χ4v) is 3.28. The Morgan fingerprint density at radius 2 is 2.14 bits per heavy atom. The van der Waals surface area contributed by atoms with Gasteiger partial charge in [-0.1, -0.05) is 12.1 Å². The Bertz CT molecular complexity index is 992. The van der Waals surface area contributed by atoms with E-state index in [1.165, 1.54) is 17.0 Å². The van der Waals surface area contributed by atoms with E-state index in [1.54, 1.807) is 18.2 Å². The molecule has 0 spiro atoms. The van der Waals surface area contributed by atoms with Gasteiger partial charge in [0, 0.05) is 31.1 Å². The molecule has 0 aromatic heterocycles. The second kappa shape index (κ2) is 7.41. The Morgan fingerprint density at radius 1 is 1.32 bits per heavy atom. The number of benzene rings is 2. The number of Topliss-reactive ketones (excluding diaryl/α,β-unsaturated/α-hetero) is 1. The highest BCUT2D eigenvalue weighted by molar-refractivity contribution is 5.96. The molecule has 2 aliphatic heterocycles. The van der Waals surface area contributed by atoms with Crippen molar-refractivity contribution < 1.29 is 23.5 Å². The summed E-state index contributed by atoms with van der Waals surface area (Å²) >= 11 is 0. The summed E-state index contributed by atoms with van der Waals surface area (Å²) in [7, 11) is 0. The lowest BCUT2D eigenvalue weighted by molar-refractivity contribution is -0.121. The monoisotopic (exact) mass is 380 g/mol. The number of carbonyl (C=O) groups is 2. The van der Waals surface area contributed by atoms with Gasteiger partial charge in [0.15, 0.2) is 5.78 Å². The summed E-state index contributed by atoms with van der Waals surface area (Å²) in [5.41, 5.74) is 1.93. The molecule has 28 heavy (non-hydrogen) atoms. The summed E-state index contributed by atoms with van der Waals surface area (Å²) < 4.78 is 25.3. The molecule has 2 aliphatic rings. The van der Waals surface area contributed by atoms with Crippen LogP contribution in [-0.4, -0.2) is 42.4 Å². The Balaban J connectivity index is 1.36. The van der Waals surface area contributed by atoms with E-state index in [0.29, 0.717) is 36.6 Å². The number of rotatable bonds is 4. The van der Waals surface area contributed by atoms with Crippen LogP contribution in [0.5, 0.6) is 5.75 Å². The Kier molecular flexibility index (Phi) is 4.80. The number of amides is 1. The molecule has 2 aromatic carbocycles. The number of hydrogen-bond donors (Lipinski definition) is 0. The molecule has 0 aliphatic carbocycles. The van der Waals surface area contributed by atoms with E-state index in [9.17, 15) is 14.0 Å². The first kappa shape index (κ1) is 18.1. The number of hydrogen-bond acceptors (Lipinski definition) is 5. The van der Waals surface area contributed by atoms with E-state index in [2.05, 4.69) is 6.07 Å². The van der Waals surface area contributed by atoms with Crippen molar-refractivity contribution in [2.24, 2.45) is 0 Å². The molecule has 0 N–H and O–H groups in total. The molecule has 0 radical (unpaired) electrons. The van der Waals surface area contributed by atoms with Crippen LogP contribution >= 0.6 is 0 Å². The zero-order valence-corrected chi connectivity index (χ0v) is 15.0. The van der Waals surface area contributed by atoms with E-state index in [-0.39, 0.29) is 30.5 Å². The summed E-state index contributed by atoms with van der Waals surface area (Å²) in [4.78, 5) is 25.6. The summed E-state index contributed by atoms with van der Waals surface area (Å²) in [5, 5.41) is 8.92. The fourth-order valence-electron chi connectivity index (χ4n) is 3.28. The van der Waals surface area contributed by atoms with Crippen molar-refractivity contribution in [3.63, 3.8) is 0 Å². The quantitative estimate of drug-likeness (QED) is 0.813. The molecule has 6 nitrogen and oxygen atoms in total. The lowest BCUT2D eigenvalue weighted by atomic mass is 10.0. The maximum absolute atomic E-state index is 14.3. The molecule has 0 atom stereocenters. The second-order valence-corrected chi connectivity index (χ2v) is 6.90. The van der Waals surface area contributed by atoms with E-state index in [4.69, 9.17) is 14.7 Å². The van der Waals surface area contributed by atoms with Crippen LogP contribution < -0.4 is 4.74 Å². The minimum atomic E-state index is -0.657. The van der Waals surface area contributed by atoms with Crippen molar-refractivity contribution in [1.82, 2.24) is 4.90 Å². The van der Waals surface area contributed by atoms with Crippen LogP contribution in [0.3, 0.4) is 0 Å². The summed E-state index contributed by atoms with van der Waals surface area (Å²) in [6, 6.07) is 11.8. The number of ether oxygens (including phenoxy) is 2.